The second-order valence-electron chi connectivity index (χ2n) is 5.80. The molecule has 1 aromatic carbocycles. The lowest BCUT2D eigenvalue weighted by atomic mass is 10.3. The number of ether oxygens (including phenoxy) is 2. The molecule has 1 N–H and O–H groups in total. The van der Waals surface area contributed by atoms with E-state index in [-0.39, 0.29) is 11.7 Å². The van der Waals surface area contributed by atoms with E-state index in [1.807, 2.05) is 28.8 Å². The zero-order valence-corrected chi connectivity index (χ0v) is 16.6. The van der Waals surface area contributed by atoms with Crippen LogP contribution in [0.15, 0.2) is 42.1 Å². The van der Waals surface area contributed by atoms with Crippen molar-refractivity contribution in [2.45, 2.75) is 38.1 Å². The van der Waals surface area contributed by atoms with E-state index in [4.69, 9.17) is 9.47 Å². The number of unbranched alkanes of at least 4 members (excludes halogenated alkanes) is 1. The molecule has 2 rings (SSSR count). The van der Waals surface area contributed by atoms with E-state index in [2.05, 4.69) is 29.0 Å². The summed E-state index contributed by atoms with van der Waals surface area (Å²) in [6.45, 7) is 7.46. The fourth-order valence-corrected chi connectivity index (χ4v) is 3.07. The molecule has 0 aliphatic rings. The molecule has 0 saturated heterocycles. The number of allylic oxidation sites excluding steroid dienone is 1. The van der Waals surface area contributed by atoms with Crippen LogP contribution in [-0.4, -0.2) is 40.1 Å². The van der Waals surface area contributed by atoms with E-state index in [0.717, 1.165) is 18.6 Å². The Balaban J connectivity index is 1.91. The van der Waals surface area contributed by atoms with Gasteiger partial charge in [-0.3, -0.25) is 4.79 Å². The molecule has 0 spiro atoms. The maximum Gasteiger partial charge on any atom is 0.234 e. The highest BCUT2D eigenvalue weighted by molar-refractivity contribution is 7.99. The van der Waals surface area contributed by atoms with Crippen LogP contribution in [0.25, 0.3) is 0 Å². The first kappa shape index (κ1) is 21.0. The number of anilines is 1. The number of thioether (sulfide) groups is 1. The fourth-order valence-electron chi connectivity index (χ4n) is 2.30. The zero-order valence-electron chi connectivity index (χ0n) is 15.8. The van der Waals surface area contributed by atoms with Gasteiger partial charge in [-0.15, -0.1) is 16.8 Å². The van der Waals surface area contributed by atoms with Gasteiger partial charge < -0.3 is 19.4 Å². The van der Waals surface area contributed by atoms with E-state index < -0.39 is 0 Å². The monoisotopic (exact) mass is 390 g/mol. The number of amides is 1. The van der Waals surface area contributed by atoms with Crippen molar-refractivity contribution in [3.05, 3.63) is 42.7 Å². The van der Waals surface area contributed by atoms with Gasteiger partial charge in [0.25, 0.3) is 0 Å². The smallest absolute Gasteiger partial charge is 0.234 e. The average molecular weight is 391 g/mol. The first-order chi connectivity index (χ1) is 13.2. The van der Waals surface area contributed by atoms with Crippen molar-refractivity contribution < 1.29 is 14.3 Å². The molecule has 0 bridgehead atoms. The Morgan fingerprint density at radius 2 is 2.26 bits per heavy atom. The van der Waals surface area contributed by atoms with Crippen LogP contribution in [0.3, 0.4) is 0 Å². The Hall–Kier alpha value is -2.32. The van der Waals surface area contributed by atoms with E-state index >= 15 is 0 Å². The molecule has 8 heteroatoms. The van der Waals surface area contributed by atoms with Gasteiger partial charge in [-0.25, -0.2) is 0 Å². The van der Waals surface area contributed by atoms with Gasteiger partial charge in [-0.1, -0.05) is 37.2 Å². The Kier molecular flexibility index (Phi) is 8.86. The van der Waals surface area contributed by atoms with Gasteiger partial charge in [0.05, 0.1) is 12.4 Å². The van der Waals surface area contributed by atoms with Crippen molar-refractivity contribution in [2.75, 3.05) is 24.8 Å². The number of methoxy groups -OCH3 is 1. The molecule has 0 saturated carbocycles. The lowest BCUT2D eigenvalue weighted by Gasteiger charge is -2.09. The zero-order chi connectivity index (χ0) is 19.5. The molecule has 1 amide bonds. The van der Waals surface area contributed by atoms with Gasteiger partial charge >= 0.3 is 0 Å². The maximum atomic E-state index is 12.3. The summed E-state index contributed by atoms with van der Waals surface area (Å²) >= 11 is 1.32. The van der Waals surface area contributed by atoms with E-state index in [1.165, 1.54) is 11.8 Å². The third-order valence-corrected chi connectivity index (χ3v) is 4.56. The molecular weight excluding hydrogens is 364 g/mol. The fraction of sp³-hybridized carbons (Fsp3) is 0.421. The minimum absolute atomic E-state index is 0.118. The Morgan fingerprint density at radius 1 is 1.41 bits per heavy atom. The molecule has 7 nitrogen and oxygen atoms in total. The molecular formula is C19H26N4O3S. The summed E-state index contributed by atoms with van der Waals surface area (Å²) < 4.78 is 12.7. The topological polar surface area (TPSA) is 78.3 Å². The standard InChI is InChI=1S/C19H26N4O3S/c1-4-6-11-26-16-9-7-8-15(12-16)20-18(24)14-27-19-22-21-17(13-25-3)23(19)10-5-2/h5,7-9,12H,2,4,6,10-11,13-14H2,1,3H3,(H,20,24). The second-order valence-corrected chi connectivity index (χ2v) is 6.74. The maximum absolute atomic E-state index is 12.3. The van der Waals surface area contributed by atoms with Crippen molar-refractivity contribution >= 4 is 23.4 Å². The van der Waals surface area contributed by atoms with E-state index in [9.17, 15) is 4.79 Å². The van der Waals surface area contributed by atoms with E-state index in [1.54, 1.807) is 13.2 Å². The van der Waals surface area contributed by atoms with Gasteiger partial charge in [0.15, 0.2) is 11.0 Å². The Morgan fingerprint density at radius 3 is 3.00 bits per heavy atom. The molecule has 1 heterocycles. The third-order valence-electron chi connectivity index (χ3n) is 3.60. The largest absolute Gasteiger partial charge is 0.494 e. The quantitative estimate of drug-likeness (QED) is 0.339. The number of nitrogens with zero attached hydrogens (tertiary/aromatic N) is 3. The first-order valence-electron chi connectivity index (χ1n) is 8.85. The number of benzene rings is 1. The van der Waals surface area contributed by atoms with Gasteiger partial charge in [0.1, 0.15) is 12.4 Å². The molecule has 27 heavy (non-hydrogen) atoms. The molecule has 0 fully saturated rings. The number of nitrogens with one attached hydrogen (secondary N) is 1. The van der Waals surface area contributed by atoms with Gasteiger partial charge in [-0.05, 0) is 18.6 Å². The number of rotatable bonds is 12. The summed E-state index contributed by atoms with van der Waals surface area (Å²) in [4.78, 5) is 12.3. The predicted molar refractivity (Wildman–Crippen MR) is 107 cm³/mol. The van der Waals surface area contributed by atoms with Crippen LogP contribution in [0, 0.1) is 0 Å². The first-order valence-corrected chi connectivity index (χ1v) is 9.83. The average Bonchev–Trinajstić information content (AvgIpc) is 3.03. The van der Waals surface area contributed by atoms with Gasteiger partial charge in [-0.2, -0.15) is 0 Å². The second kappa shape index (κ2) is 11.4. The Bertz CT molecular complexity index is 748. The summed E-state index contributed by atoms with van der Waals surface area (Å²) in [6, 6.07) is 7.41. The molecule has 0 aliphatic carbocycles. The molecule has 146 valence electrons. The summed E-state index contributed by atoms with van der Waals surface area (Å²) in [5.41, 5.74) is 0.710. The Labute approximate surface area is 164 Å². The normalized spacial score (nSPS) is 10.6. The number of aromatic nitrogens is 3. The number of carbonyl (C=O) groups excluding carboxylic acids is 1. The van der Waals surface area contributed by atoms with Crippen LogP contribution < -0.4 is 10.1 Å². The van der Waals surface area contributed by atoms with Gasteiger partial charge in [0.2, 0.25) is 5.91 Å². The molecule has 0 aliphatic heterocycles. The summed E-state index contributed by atoms with van der Waals surface area (Å²) in [6.07, 6.45) is 3.84. The van der Waals surface area contributed by atoms with Crippen LogP contribution in [-0.2, 0) is 22.7 Å². The highest BCUT2D eigenvalue weighted by Gasteiger charge is 2.13. The van der Waals surface area contributed by atoms with Crippen molar-refractivity contribution in [2.24, 2.45) is 0 Å². The summed E-state index contributed by atoms with van der Waals surface area (Å²) in [5.74, 6) is 1.57. The lowest BCUT2D eigenvalue weighted by molar-refractivity contribution is -0.113. The van der Waals surface area contributed by atoms with Crippen LogP contribution in [0.2, 0.25) is 0 Å². The van der Waals surface area contributed by atoms with Crippen LogP contribution in [0.4, 0.5) is 5.69 Å². The minimum atomic E-state index is -0.118. The lowest BCUT2D eigenvalue weighted by Crippen LogP contribution is -2.15. The molecule has 0 unspecified atom stereocenters. The van der Waals surface area contributed by atoms with Crippen LogP contribution in [0.5, 0.6) is 5.75 Å². The van der Waals surface area contributed by atoms with Crippen molar-refractivity contribution in [1.29, 1.82) is 0 Å². The van der Waals surface area contributed by atoms with Crippen molar-refractivity contribution in [3.8, 4) is 5.75 Å². The van der Waals surface area contributed by atoms with Crippen molar-refractivity contribution in [1.82, 2.24) is 14.8 Å². The number of hydrogen-bond donors (Lipinski definition) is 1. The van der Waals surface area contributed by atoms with Gasteiger partial charge in [0, 0.05) is 25.4 Å². The van der Waals surface area contributed by atoms with Crippen molar-refractivity contribution in [3.63, 3.8) is 0 Å². The highest BCUT2D eigenvalue weighted by atomic mass is 32.2. The molecule has 0 radical (unpaired) electrons. The molecule has 1 aromatic heterocycles. The summed E-state index contributed by atoms with van der Waals surface area (Å²) in [5, 5.41) is 11.8. The number of carbonyl (C=O) groups is 1. The van der Waals surface area contributed by atoms with E-state index in [0.29, 0.717) is 36.4 Å². The number of hydrogen-bond acceptors (Lipinski definition) is 6. The minimum Gasteiger partial charge on any atom is -0.494 e. The van der Waals surface area contributed by atoms with Crippen LogP contribution in [0.1, 0.15) is 25.6 Å². The van der Waals surface area contributed by atoms with Crippen LogP contribution >= 0.6 is 11.8 Å². The third kappa shape index (κ3) is 6.73. The summed E-state index contributed by atoms with van der Waals surface area (Å²) in [7, 11) is 1.60. The highest BCUT2D eigenvalue weighted by Crippen LogP contribution is 2.20. The SMILES string of the molecule is C=CCn1c(COC)nnc1SCC(=O)Nc1cccc(OCCCC)c1. The predicted octanol–water partition coefficient (Wildman–Crippen LogP) is 3.52. The molecule has 2 aromatic rings. The molecule has 0 atom stereocenters.